The molecule has 29 heavy (non-hydrogen) atoms. The molecule has 1 atom stereocenters. The van der Waals surface area contributed by atoms with Gasteiger partial charge in [-0.15, -0.1) is 0 Å². The van der Waals surface area contributed by atoms with Crippen LogP contribution in [0.4, 0.5) is 4.79 Å². The van der Waals surface area contributed by atoms with Crippen LogP contribution in [0.15, 0.2) is 54.6 Å². The minimum absolute atomic E-state index is 0.0841. The van der Waals surface area contributed by atoms with Gasteiger partial charge in [-0.1, -0.05) is 56.3 Å². The molecule has 1 unspecified atom stereocenters. The summed E-state index contributed by atoms with van der Waals surface area (Å²) in [5.41, 5.74) is 2.25. The lowest BCUT2D eigenvalue weighted by atomic mass is 10.0. The zero-order valence-electron chi connectivity index (χ0n) is 16.9. The smallest absolute Gasteiger partial charge is 0.337 e. The van der Waals surface area contributed by atoms with E-state index in [-0.39, 0.29) is 18.4 Å². The van der Waals surface area contributed by atoms with E-state index in [0.717, 1.165) is 11.1 Å². The topological polar surface area (TPSA) is 96.5 Å². The maximum atomic E-state index is 12.6. The van der Waals surface area contributed by atoms with Crippen molar-refractivity contribution in [1.82, 2.24) is 16.0 Å². The van der Waals surface area contributed by atoms with Crippen LogP contribution in [0.1, 0.15) is 35.3 Å². The van der Waals surface area contributed by atoms with Gasteiger partial charge in [-0.3, -0.25) is 4.79 Å². The van der Waals surface area contributed by atoms with Crippen molar-refractivity contribution in [3.63, 3.8) is 0 Å². The molecule has 0 bridgehead atoms. The number of rotatable bonds is 8. The molecule has 7 heteroatoms. The molecule has 0 radical (unpaired) electrons. The summed E-state index contributed by atoms with van der Waals surface area (Å²) < 4.78 is 4.66. The monoisotopic (exact) mass is 397 g/mol. The molecule has 0 aliphatic rings. The number of amides is 3. The third kappa shape index (κ3) is 6.95. The summed E-state index contributed by atoms with van der Waals surface area (Å²) in [7, 11) is 1.32. The molecule has 0 aromatic heterocycles. The predicted molar refractivity (Wildman–Crippen MR) is 110 cm³/mol. The van der Waals surface area contributed by atoms with Crippen LogP contribution in [0.5, 0.6) is 0 Å². The molecular weight excluding hydrogens is 370 g/mol. The Kier molecular flexibility index (Phi) is 8.21. The highest BCUT2D eigenvalue weighted by atomic mass is 16.5. The second-order valence-electron chi connectivity index (χ2n) is 6.94. The van der Waals surface area contributed by atoms with Crippen LogP contribution in [0.25, 0.3) is 0 Å². The lowest BCUT2D eigenvalue weighted by Crippen LogP contribution is -2.52. The number of carbonyl (C=O) groups excluding carboxylic acids is 3. The average molecular weight is 397 g/mol. The molecule has 154 valence electrons. The van der Waals surface area contributed by atoms with Gasteiger partial charge in [0.2, 0.25) is 5.91 Å². The van der Waals surface area contributed by atoms with Crippen molar-refractivity contribution in [1.29, 1.82) is 0 Å². The van der Waals surface area contributed by atoms with Gasteiger partial charge in [-0.05, 0) is 29.2 Å². The summed E-state index contributed by atoms with van der Waals surface area (Å²) in [5.74, 6) is -0.766. The first-order chi connectivity index (χ1) is 13.9. The van der Waals surface area contributed by atoms with Gasteiger partial charge in [0.1, 0.15) is 6.04 Å². The summed E-state index contributed by atoms with van der Waals surface area (Å²) in [6, 6.07) is 15.3. The Balaban J connectivity index is 1.86. The summed E-state index contributed by atoms with van der Waals surface area (Å²) in [5, 5.41) is 8.32. The van der Waals surface area contributed by atoms with Gasteiger partial charge < -0.3 is 20.7 Å². The lowest BCUT2D eigenvalue weighted by molar-refractivity contribution is -0.124. The highest BCUT2D eigenvalue weighted by Gasteiger charge is 2.23. The van der Waals surface area contributed by atoms with E-state index in [2.05, 4.69) is 20.7 Å². The predicted octanol–water partition coefficient (Wildman–Crippen LogP) is 2.61. The van der Waals surface area contributed by atoms with Gasteiger partial charge in [0.05, 0.1) is 12.7 Å². The number of ether oxygens (including phenoxy) is 1. The highest BCUT2D eigenvalue weighted by Crippen LogP contribution is 2.07. The van der Waals surface area contributed by atoms with E-state index < -0.39 is 18.0 Å². The zero-order chi connectivity index (χ0) is 21.2. The van der Waals surface area contributed by atoms with Crippen LogP contribution >= 0.6 is 0 Å². The van der Waals surface area contributed by atoms with E-state index >= 15 is 0 Å². The first-order valence-corrected chi connectivity index (χ1v) is 9.44. The van der Waals surface area contributed by atoms with E-state index in [4.69, 9.17) is 0 Å². The summed E-state index contributed by atoms with van der Waals surface area (Å²) >= 11 is 0. The maximum absolute atomic E-state index is 12.6. The fourth-order valence-corrected chi connectivity index (χ4v) is 2.68. The Hall–Kier alpha value is -3.35. The molecule has 0 aliphatic heterocycles. The molecule has 0 fully saturated rings. The number of carbonyl (C=O) groups is 3. The molecule has 0 saturated heterocycles. The molecule has 3 N–H and O–H groups in total. The average Bonchev–Trinajstić information content (AvgIpc) is 2.74. The second kappa shape index (κ2) is 10.8. The maximum Gasteiger partial charge on any atom is 0.337 e. The highest BCUT2D eigenvalue weighted by molar-refractivity contribution is 5.89. The molecule has 0 heterocycles. The quantitative estimate of drug-likeness (QED) is 0.597. The van der Waals surface area contributed by atoms with Crippen LogP contribution in [0.3, 0.4) is 0 Å². The fraction of sp³-hybridized carbons (Fsp3) is 0.318. The Morgan fingerprint density at radius 3 is 2.03 bits per heavy atom. The molecule has 2 rings (SSSR count). The number of hydrogen-bond donors (Lipinski definition) is 3. The summed E-state index contributed by atoms with van der Waals surface area (Å²) in [6.45, 7) is 4.40. The van der Waals surface area contributed by atoms with Crippen LogP contribution in [0, 0.1) is 5.92 Å². The lowest BCUT2D eigenvalue weighted by Gasteiger charge is -2.22. The Labute approximate surface area is 170 Å². The first kappa shape index (κ1) is 21.9. The van der Waals surface area contributed by atoms with Gasteiger partial charge in [0, 0.05) is 13.1 Å². The first-order valence-electron chi connectivity index (χ1n) is 9.44. The number of nitrogens with one attached hydrogen (secondary N) is 3. The van der Waals surface area contributed by atoms with Gasteiger partial charge in [0.15, 0.2) is 0 Å². The number of urea groups is 1. The molecule has 0 aliphatic carbocycles. The number of benzene rings is 2. The Bertz CT molecular complexity index is 820. The molecule has 7 nitrogen and oxygen atoms in total. The van der Waals surface area contributed by atoms with E-state index in [1.54, 1.807) is 24.3 Å². The molecular formula is C22H27N3O4. The van der Waals surface area contributed by atoms with Crippen molar-refractivity contribution in [2.24, 2.45) is 5.92 Å². The molecule has 0 spiro atoms. The zero-order valence-corrected chi connectivity index (χ0v) is 16.9. The van der Waals surface area contributed by atoms with Gasteiger partial charge in [0.25, 0.3) is 0 Å². The largest absolute Gasteiger partial charge is 0.465 e. The minimum atomic E-state index is -0.667. The SMILES string of the molecule is COC(=O)c1ccc(CNC(=O)C(NC(=O)NCc2ccccc2)C(C)C)cc1. The van der Waals surface area contributed by atoms with E-state index in [0.29, 0.717) is 12.1 Å². The van der Waals surface area contributed by atoms with E-state index in [1.165, 1.54) is 7.11 Å². The standard InChI is InChI=1S/C22H27N3O4/c1-15(2)19(25-22(28)24-14-16-7-5-4-6-8-16)20(26)23-13-17-9-11-18(12-10-17)21(27)29-3/h4-12,15,19H,13-14H2,1-3H3,(H,23,26)(H2,24,25,28). The third-order valence-corrected chi connectivity index (χ3v) is 4.37. The third-order valence-electron chi connectivity index (χ3n) is 4.37. The van der Waals surface area contributed by atoms with Crippen molar-refractivity contribution < 1.29 is 19.1 Å². The summed E-state index contributed by atoms with van der Waals surface area (Å²) in [4.78, 5) is 36.2. The van der Waals surface area contributed by atoms with Crippen molar-refractivity contribution in [2.75, 3.05) is 7.11 Å². The number of hydrogen-bond acceptors (Lipinski definition) is 4. The Morgan fingerprint density at radius 1 is 0.862 bits per heavy atom. The van der Waals surface area contributed by atoms with Crippen molar-refractivity contribution in [2.45, 2.75) is 33.0 Å². The molecule has 2 aromatic carbocycles. The van der Waals surface area contributed by atoms with Crippen LogP contribution in [-0.4, -0.2) is 31.1 Å². The molecule has 0 saturated carbocycles. The van der Waals surface area contributed by atoms with Crippen molar-refractivity contribution in [3.05, 3.63) is 71.3 Å². The van der Waals surface area contributed by atoms with Crippen LogP contribution < -0.4 is 16.0 Å². The number of methoxy groups -OCH3 is 1. The molecule has 3 amide bonds. The normalized spacial score (nSPS) is 11.4. The molecule has 2 aromatic rings. The van der Waals surface area contributed by atoms with E-state index in [1.807, 2.05) is 44.2 Å². The van der Waals surface area contributed by atoms with E-state index in [9.17, 15) is 14.4 Å². The van der Waals surface area contributed by atoms with Crippen LogP contribution in [-0.2, 0) is 22.6 Å². The minimum Gasteiger partial charge on any atom is -0.465 e. The van der Waals surface area contributed by atoms with Gasteiger partial charge >= 0.3 is 12.0 Å². The van der Waals surface area contributed by atoms with Crippen molar-refractivity contribution >= 4 is 17.9 Å². The Morgan fingerprint density at radius 2 is 1.45 bits per heavy atom. The number of esters is 1. The van der Waals surface area contributed by atoms with Crippen molar-refractivity contribution in [3.8, 4) is 0 Å². The van der Waals surface area contributed by atoms with Gasteiger partial charge in [-0.25, -0.2) is 9.59 Å². The second-order valence-corrected chi connectivity index (χ2v) is 6.94. The van der Waals surface area contributed by atoms with Gasteiger partial charge in [-0.2, -0.15) is 0 Å². The fourth-order valence-electron chi connectivity index (χ4n) is 2.68. The van der Waals surface area contributed by atoms with Crippen LogP contribution in [0.2, 0.25) is 0 Å². The summed E-state index contributed by atoms with van der Waals surface area (Å²) in [6.07, 6.45) is 0.